The van der Waals surface area contributed by atoms with Crippen molar-refractivity contribution >= 4 is 0 Å². The third-order valence-corrected chi connectivity index (χ3v) is 3.79. The number of likely N-dealkylation sites (tertiary alicyclic amines) is 1. The summed E-state index contributed by atoms with van der Waals surface area (Å²) in [7, 11) is 0. The van der Waals surface area contributed by atoms with E-state index in [2.05, 4.69) is 11.0 Å². The first-order valence-electron chi connectivity index (χ1n) is 6.33. The van der Waals surface area contributed by atoms with E-state index in [-0.39, 0.29) is 6.04 Å². The van der Waals surface area contributed by atoms with Gasteiger partial charge in [-0.3, -0.25) is 4.90 Å². The number of piperidine rings is 1. The van der Waals surface area contributed by atoms with Gasteiger partial charge in [0.15, 0.2) is 0 Å². The lowest BCUT2D eigenvalue weighted by atomic mass is 9.95. The van der Waals surface area contributed by atoms with Crippen LogP contribution in [0.4, 0.5) is 0 Å². The summed E-state index contributed by atoms with van der Waals surface area (Å²) in [5, 5.41) is 0. The summed E-state index contributed by atoms with van der Waals surface area (Å²) in [6, 6.07) is 5.46. The van der Waals surface area contributed by atoms with E-state index < -0.39 is 0 Å². The number of hydrogen-bond donors (Lipinski definition) is 1. The topological polar surface area (TPSA) is 42.4 Å². The van der Waals surface area contributed by atoms with Gasteiger partial charge in [-0.25, -0.2) is 0 Å². The standard InChI is InChI=1S/C13H20N2O/c1-9-4-7-12(16-9)13-11(14)3-2-8-15(13)10-5-6-10/h4,7,10-11,13H,2-3,5-6,8,14H2,1H3. The minimum atomic E-state index is 0.236. The highest BCUT2D eigenvalue weighted by atomic mass is 16.3. The summed E-state index contributed by atoms with van der Waals surface area (Å²) < 4.78 is 5.78. The first kappa shape index (κ1) is 10.4. The Hall–Kier alpha value is -0.800. The molecule has 1 aliphatic heterocycles. The molecule has 88 valence electrons. The van der Waals surface area contributed by atoms with E-state index in [4.69, 9.17) is 10.2 Å². The Kier molecular flexibility index (Phi) is 2.52. The second kappa shape index (κ2) is 3.90. The molecule has 0 radical (unpaired) electrons. The molecule has 16 heavy (non-hydrogen) atoms. The zero-order valence-electron chi connectivity index (χ0n) is 9.86. The van der Waals surface area contributed by atoms with Crippen LogP contribution in [0.5, 0.6) is 0 Å². The summed E-state index contributed by atoms with van der Waals surface area (Å²) in [6.07, 6.45) is 5.02. The predicted molar refractivity (Wildman–Crippen MR) is 63.1 cm³/mol. The molecule has 2 fully saturated rings. The summed E-state index contributed by atoms with van der Waals surface area (Å²) in [5.74, 6) is 2.06. The number of rotatable bonds is 2. The molecule has 2 heterocycles. The largest absolute Gasteiger partial charge is 0.465 e. The normalized spacial score (nSPS) is 31.9. The lowest BCUT2D eigenvalue weighted by molar-refractivity contribution is 0.102. The molecule has 0 spiro atoms. The molecule has 0 bridgehead atoms. The van der Waals surface area contributed by atoms with Gasteiger partial charge in [-0.05, 0) is 51.3 Å². The minimum Gasteiger partial charge on any atom is -0.465 e. The van der Waals surface area contributed by atoms with E-state index in [1.165, 1.54) is 25.8 Å². The molecule has 1 saturated carbocycles. The fourth-order valence-electron chi connectivity index (χ4n) is 2.86. The van der Waals surface area contributed by atoms with Gasteiger partial charge in [0.1, 0.15) is 11.5 Å². The van der Waals surface area contributed by atoms with E-state index in [9.17, 15) is 0 Å². The van der Waals surface area contributed by atoms with Crippen LogP contribution in [0, 0.1) is 6.92 Å². The van der Waals surface area contributed by atoms with Crippen LogP contribution in [0.2, 0.25) is 0 Å². The first-order valence-corrected chi connectivity index (χ1v) is 6.33. The minimum absolute atomic E-state index is 0.236. The second-order valence-corrected chi connectivity index (χ2v) is 5.17. The fourth-order valence-corrected chi connectivity index (χ4v) is 2.86. The van der Waals surface area contributed by atoms with Crippen LogP contribution >= 0.6 is 0 Å². The Morgan fingerprint density at radius 1 is 1.31 bits per heavy atom. The van der Waals surface area contributed by atoms with Gasteiger partial charge < -0.3 is 10.2 Å². The third kappa shape index (κ3) is 1.78. The number of nitrogens with zero attached hydrogens (tertiary/aromatic N) is 1. The van der Waals surface area contributed by atoms with E-state index in [0.717, 1.165) is 24.0 Å². The maximum Gasteiger partial charge on any atom is 0.122 e. The van der Waals surface area contributed by atoms with Crippen molar-refractivity contribution in [3.63, 3.8) is 0 Å². The Bertz CT molecular complexity index is 370. The molecule has 1 aromatic heterocycles. The van der Waals surface area contributed by atoms with Crippen LogP contribution < -0.4 is 5.73 Å². The number of furan rings is 1. The van der Waals surface area contributed by atoms with Crippen molar-refractivity contribution in [1.29, 1.82) is 0 Å². The Balaban J connectivity index is 1.87. The summed E-state index contributed by atoms with van der Waals surface area (Å²) >= 11 is 0. The molecular weight excluding hydrogens is 200 g/mol. The molecule has 0 amide bonds. The zero-order chi connectivity index (χ0) is 11.1. The zero-order valence-corrected chi connectivity index (χ0v) is 9.86. The van der Waals surface area contributed by atoms with Gasteiger partial charge in [-0.2, -0.15) is 0 Å². The van der Waals surface area contributed by atoms with Gasteiger partial charge in [0.05, 0.1) is 6.04 Å². The highest BCUT2D eigenvalue weighted by Crippen LogP contribution is 2.39. The maximum absolute atomic E-state index is 6.27. The van der Waals surface area contributed by atoms with Crippen molar-refractivity contribution in [2.75, 3.05) is 6.54 Å². The molecule has 1 aliphatic carbocycles. The third-order valence-electron chi connectivity index (χ3n) is 3.79. The van der Waals surface area contributed by atoms with Crippen molar-refractivity contribution in [3.05, 3.63) is 23.7 Å². The summed E-state index contributed by atoms with van der Waals surface area (Å²) in [5.41, 5.74) is 6.27. The molecule has 1 aromatic rings. The van der Waals surface area contributed by atoms with Crippen molar-refractivity contribution in [1.82, 2.24) is 4.90 Å². The van der Waals surface area contributed by atoms with Gasteiger partial charge in [0.2, 0.25) is 0 Å². The van der Waals surface area contributed by atoms with Crippen LogP contribution in [0.3, 0.4) is 0 Å². The molecule has 3 nitrogen and oxygen atoms in total. The molecule has 3 heteroatoms. The van der Waals surface area contributed by atoms with Gasteiger partial charge >= 0.3 is 0 Å². The molecule has 0 aromatic carbocycles. The Labute approximate surface area is 96.6 Å². The molecule has 1 saturated heterocycles. The van der Waals surface area contributed by atoms with E-state index in [0.29, 0.717) is 6.04 Å². The predicted octanol–water partition coefficient (Wildman–Crippen LogP) is 2.21. The van der Waals surface area contributed by atoms with Crippen LogP contribution in [0.25, 0.3) is 0 Å². The number of aryl methyl sites for hydroxylation is 1. The molecule has 2 N–H and O–H groups in total. The van der Waals surface area contributed by atoms with Crippen LogP contribution in [-0.4, -0.2) is 23.5 Å². The van der Waals surface area contributed by atoms with Crippen molar-refractivity contribution in [3.8, 4) is 0 Å². The molecule has 2 aliphatic rings. The second-order valence-electron chi connectivity index (χ2n) is 5.17. The van der Waals surface area contributed by atoms with E-state index in [1.807, 2.05) is 13.0 Å². The highest BCUT2D eigenvalue weighted by molar-refractivity contribution is 5.14. The van der Waals surface area contributed by atoms with Gasteiger partial charge in [-0.1, -0.05) is 0 Å². The molecule has 2 atom stereocenters. The number of nitrogens with two attached hydrogens (primary N) is 1. The van der Waals surface area contributed by atoms with Gasteiger partial charge in [-0.15, -0.1) is 0 Å². The average molecular weight is 220 g/mol. The first-order chi connectivity index (χ1) is 7.75. The maximum atomic E-state index is 6.27. The number of hydrogen-bond acceptors (Lipinski definition) is 3. The summed E-state index contributed by atoms with van der Waals surface area (Å²) in [4.78, 5) is 2.56. The fraction of sp³-hybridized carbons (Fsp3) is 0.692. The van der Waals surface area contributed by atoms with Crippen LogP contribution in [0.1, 0.15) is 43.2 Å². The van der Waals surface area contributed by atoms with Crippen LogP contribution in [-0.2, 0) is 0 Å². The average Bonchev–Trinajstić information content (AvgIpc) is 3.02. The van der Waals surface area contributed by atoms with Crippen molar-refractivity contribution in [2.24, 2.45) is 5.73 Å². The molecule has 3 rings (SSSR count). The smallest absolute Gasteiger partial charge is 0.122 e. The van der Waals surface area contributed by atoms with E-state index in [1.54, 1.807) is 0 Å². The Morgan fingerprint density at radius 2 is 2.12 bits per heavy atom. The lowest BCUT2D eigenvalue weighted by Gasteiger charge is -2.38. The van der Waals surface area contributed by atoms with Crippen LogP contribution in [0.15, 0.2) is 16.5 Å². The summed E-state index contributed by atoms with van der Waals surface area (Å²) in [6.45, 7) is 3.18. The van der Waals surface area contributed by atoms with E-state index >= 15 is 0 Å². The van der Waals surface area contributed by atoms with Gasteiger partial charge in [0.25, 0.3) is 0 Å². The monoisotopic (exact) mass is 220 g/mol. The lowest BCUT2D eigenvalue weighted by Crippen LogP contribution is -2.46. The highest BCUT2D eigenvalue weighted by Gasteiger charge is 2.40. The molecular formula is C13H20N2O. The van der Waals surface area contributed by atoms with Crippen molar-refractivity contribution in [2.45, 2.75) is 50.7 Å². The van der Waals surface area contributed by atoms with Gasteiger partial charge in [0, 0.05) is 12.1 Å². The Morgan fingerprint density at radius 3 is 2.75 bits per heavy atom. The quantitative estimate of drug-likeness (QED) is 0.831. The van der Waals surface area contributed by atoms with Crippen molar-refractivity contribution < 1.29 is 4.42 Å². The molecule has 2 unspecified atom stereocenters. The SMILES string of the molecule is Cc1ccc(C2C(N)CCCN2C2CC2)o1.